The van der Waals surface area contributed by atoms with Gasteiger partial charge in [0.25, 0.3) is 0 Å². The first-order chi connectivity index (χ1) is 11.2. The maximum Gasteiger partial charge on any atom is 0.191 e. The van der Waals surface area contributed by atoms with Crippen molar-refractivity contribution in [2.24, 2.45) is 4.99 Å². The van der Waals surface area contributed by atoms with Crippen molar-refractivity contribution < 1.29 is 19.0 Å². The molecule has 1 aliphatic rings. The molecule has 0 aliphatic carbocycles. The highest BCUT2D eigenvalue weighted by molar-refractivity contribution is 5.80. The highest BCUT2D eigenvalue weighted by Crippen LogP contribution is 2.13. The zero-order chi connectivity index (χ0) is 16.5. The number of hydrogen-bond donors (Lipinski definition) is 3. The van der Waals surface area contributed by atoms with Gasteiger partial charge >= 0.3 is 0 Å². The lowest BCUT2D eigenvalue weighted by molar-refractivity contribution is 0.0347. The van der Waals surface area contributed by atoms with Gasteiger partial charge in [0.1, 0.15) is 11.9 Å². The predicted octanol–water partition coefficient (Wildman–Crippen LogP) is 1.06. The van der Waals surface area contributed by atoms with E-state index in [1.165, 1.54) is 6.26 Å². The molecule has 0 radical (unpaired) electrons. The number of ether oxygens (including phenoxy) is 2. The number of nitrogens with one attached hydrogen (secondary N) is 2. The van der Waals surface area contributed by atoms with E-state index in [-0.39, 0.29) is 18.7 Å². The van der Waals surface area contributed by atoms with Crippen molar-refractivity contribution >= 4 is 5.96 Å². The summed E-state index contributed by atoms with van der Waals surface area (Å²) in [5.74, 6) is 1.17. The fourth-order valence-corrected chi connectivity index (χ4v) is 2.27. The highest BCUT2D eigenvalue weighted by atomic mass is 16.5. The third-order valence-electron chi connectivity index (χ3n) is 3.49. The Labute approximate surface area is 137 Å². The molecule has 7 nitrogen and oxygen atoms in total. The number of nitrogens with zero attached hydrogens (tertiary/aromatic N) is 1. The SMILES string of the molecule is CCNC(=NCC(O)c1ccco1)NC(C)COC1CCOC1. The molecule has 0 aromatic carbocycles. The Morgan fingerprint density at radius 1 is 1.57 bits per heavy atom. The summed E-state index contributed by atoms with van der Waals surface area (Å²) >= 11 is 0. The molecule has 0 spiro atoms. The largest absolute Gasteiger partial charge is 0.467 e. The van der Waals surface area contributed by atoms with Crippen LogP contribution in [0.4, 0.5) is 0 Å². The fraction of sp³-hybridized carbons (Fsp3) is 0.688. The van der Waals surface area contributed by atoms with Gasteiger partial charge in [0, 0.05) is 19.2 Å². The molecule has 1 aromatic heterocycles. The van der Waals surface area contributed by atoms with Gasteiger partial charge in [-0.05, 0) is 32.4 Å². The molecule has 23 heavy (non-hydrogen) atoms. The fourth-order valence-electron chi connectivity index (χ4n) is 2.27. The lowest BCUT2D eigenvalue weighted by Crippen LogP contribution is -2.44. The van der Waals surface area contributed by atoms with E-state index in [1.54, 1.807) is 12.1 Å². The summed E-state index contributed by atoms with van der Waals surface area (Å²) in [6.45, 7) is 7.04. The van der Waals surface area contributed by atoms with Crippen LogP contribution < -0.4 is 10.6 Å². The maximum absolute atomic E-state index is 10.0. The first-order valence-corrected chi connectivity index (χ1v) is 8.14. The summed E-state index contributed by atoms with van der Waals surface area (Å²) in [5, 5.41) is 16.4. The van der Waals surface area contributed by atoms with E-state index in [0.29, 0.717) is 24.9 Å². The van der Waals surface area contributed by atoms with Gasteiger partial charge in [0.15, 0.2) is 5.96 Å². The van der Waals surface area contributed by atoms with Crippen LogP contribution >= 0.6 is 0 Å². The van der Waals surface area contributed by atoms with Crippen LogP contribution in [0, 0.1) is 0 Å². The van der Waals surface area contributed by atoms with E-state index in [4.69, 9.17) is 13.9 Å². The predicted molar refractivity (Wildman–Crippen MR) is 87.4 cm³/mol. The molecule has 1 saturated heterocycles. The molecule has 2 rings (SSSR count). The molecule has 7 heteroatoms. The minimum atomic E-state index is -0.748. The zero-order valence-electron chi connectivity index (χ0n) is 13.8. The second-order valence-corrected chi connectivity index (χ2v) is 5.62. The summed E-state index contributed by atoms with van der Waals surface area (Å²) in [6, 6.07) is 3.59. The van der Waals surface area contributed by atoms with E-state index in [1.807, 2.05) is 13.8 Å². The van der Waals surface area contributed by atoms with Gasteiger partial charge < -0.3 is 29.6 Å². The smallest absolute Gasteiger partial charge is 0.191 e. The quantitative estimate of drug-likeness (QED) is 0.489. The topological polar surface area (TPSA) is 88.3 Å². The molecule has 3 unspecified atom stereocenters. The van der Waals surface area contributed by atoms with E-state index in [2.05, 4.69) is 15.6 Å². The number of rotatable bonds is 8. The molecule has 1 fully saturated rings. The third kappa shape index (κ3) is 6.21. The Morgan fingerprint density at radius 2 is 2.43 bits per heavy atom. The first-order valence-electron chi connectivity index (χ1n) is 8.14. The highest BCUT2D eigenvalue weighted by Gasteiger charge is 2.17. The molecule has 1 aromatic rings. The molecule has 2 heterocycles. The van der Waals surface area contributed by atoms with E-state index < -0.39 is 6.10 Å². The number of aliphatic imine (C=N–C) groups is 1. The number of aliphatic hydroxyl groups is 1. The number of guanidine groups is 1. The minimum absolute atomic E-state index is 0.106. The zero-order valence-corrected chi connectivity index (χ0v) is 13.8. The second kappa shape index (κ2) is 9.54. The Bertz CT molecular complexity index is 458. The number of furan rings is 1. The van der Waals surface area contributed by atoms with Crippen LogP contribution in [0.5, 0.6) is 0 Å². The lowest BCUT2D eigenvalue weighted by atomic mass is 10.3. The summed E-state index contributed by atoms with van der Waals surface area (Å²) in [6.07, 6.45) is 1.94. The molecule has 0 amide bonds. The van der Waals surface area contributed by atoms with Crippen molar-refractivity contribution in [3.05, 3.63) is 24.2 Å². The van der Waals surface area contributed by atoms with Gasteiger partial charge in [-0.25, -0.2) is 0 Å². The van der Waals surface area contributed by atoms with Gasteiger partial charge in [-0.3, -0.25) is 4.99 Å². The van der Waals surface area contributed by atoms with Crippen molar-refractivity contribution in [3.8, 4) is 0 Å². The Hall–Kier alpha value is -1.57. The van der Waals surface area contributed by atoms with Crippen molar-refractivity contribution in [3.63, 3.8) is 0 Å². The van der Waals surface area contributed by atoms with Gasteiger partial charge in [-0.1, -0.05) is 0 Å². The van der Waals surface area contributed by atoms with Crippen LogP contribution in [0.15, 0.2) is 27.8 Å². The molecule has 130 valence electrons. The third-order valence-corrected chi connectivity index (χ3v) is 3.49. The van der Waals surface area contributed by atoms with Crippen LogP contribution in [0.25, 0.3) is 0 Å². The van der Waals surface area contributed by atoms with Gasteiger partial charge in [0.05, 0.1) is 32.1 Å². The first kappa shape index (κ1) is 17.8. The molecular formula is C16H27N3O4. The van der Waals surface area contributed by atoms with Gasteiger partial charge in [-0.15, -0.1) is 0 Å². The van der Waals surface area contributed by atoms with Crippen LogP contribution in [-0.4, -0.2) is 56.1 Å². The van der Waals surface area contributed by atoms with Crippen LogP contribution in [0.3, 0.4) is 0 Å². The normalized spacial score (nSPS) is 21.2. The lowest BCUT2D eigenvalue weighted by Gasteiger charge is -2.20. The molecule has 1 aliphatic heterocycles. The van der Waals surface area contributed by atoms with Gasteiger partial charge in [0.2, 0.25) is 0 Å². The molecule has 3 N–H and O–H groups in total. The van der Waals surface area contributed by atoms with E-state index >= 15 is 0 Å². The monoisotopic (exact) mass is 325 g/mol. The van der Waals surface area contributed by atoms with Crippen molar-refractivity contribution in [2.75, 3.05) is 32.9 Å². The van der Waals surface area contributed by atoms with Crippen LogP contribution in [0.1, 0.15) is 32.1 Å². The average molecular weight is 325 g/mol. The van der Waals surface area contributed by atoms with Crippen molar-refractivity contribution in [1.29, 1.82) is 0 Å². The van der Waals surface area contributed by atoms with Crippen molar-refractivity contribution in [1.82, 2.24) is 10.6 Å². The van der Waals surface area contributed by atoms with Gasteiger partial charge in [-0.2, -0.15) is 0 Å². The van der Waals surface area contributed by atoms with E-state index in [9.17, 15) is 5.11 Å². The second-order valence-electron chi connectivity index (χ2n) is 5.62. The molecular weight excluding hydrogens is 298 g/mol. The maximum atomic E-state index is 10.0. The van der Waals surface area contributed by atoms with E-state index in [0.717, 1.165) is 19.6 Å². The molecule has 0 saturated carbocycles. The average Bonchev–Trinajstić information content (AvgIpc) is 3.23. The molecule has 0 bridgehead atoms. The van der Waals surface area contributed by atoms with Crippen LogP contribution in [0.2, 0.25) is 0 Å². The summed E-state index contributed by atoms with van der Waals surface area (Å²) in [7, 11) is 0. The Balaban J connectivity index is 1.77. The Kier molecular flexibility index (Phi) is 7.38. The minimum Gasteiger partial charge on any atom is -0.467 e. The Morgan fingerprint density at radius 3 is 3.09 bits per heavy atom. The summed E-state index contributed by atoms with van der Waals surface area (Å²) in [4.78, 5) is 4.39. The number of aliphatic hydroxyl groups excluding tert-OH is 1. The molecule has 3 atom stereocenters. The summed E-state index contributed by atoms with van der Waals surface area (Å²) < 4.78 is 16.3. The summed E-state index contributed by atoms with van der Waals surface area (Å²) in [5.41, 5.74) is 0. The van der Waals surface area contributed by atoms with Crippen molar-refractivity contribution in [2.45, 2.75) is 38.5 Å². The number of hydrogen-bond acceptors (Lipinski definition) is 5. The van der Waals surface area contributed by atoms with Crippen LogP contribution in [-0.2, 0) is 9.47 Å². The standard InChI is InChI=1S/C16H27N3O4/c1-3-17-16(18-9-14(20)15-5-4-7-22-15)19-12(2)10-23-13-6-8-21-11-13/h4-5,7,12-14,20H,3,6,8-11H2,1-2H3,(H2,17,18,19).